The highest BCUT2D eigenvalue weighted by Crippen LogP contribution is 2.24. The van der Waals surface area contributed by atoms with Crippen LogP contribution in [0.15, 0.2) is 66.7 Å². The number of carbonyl (C=O) groups is 1. The van der Waals surface area contributed by atoms with Crippen molar-refractivity contribution in [2.75, 3.05) is 20.8 Å². The summed E-state index contributed by atoms with van der Waals surface area (Å²) in [5, 5.41) is 11.9. The van der Waals surface area contributed by atoms with Crippen LogP contribution in [0.3, 0.4) is 0 Å². The summed E-state index contributed by atoms with van der Waals surface area (Å²) in [6.07, 6.45) is 0. The van der Waals surface area contributed by atoms with Gasteiger partial charge in [0.15, 0.2) is 0 Å². The predicted molar refractivity (Wildman–Crippen MR) is 98.9 cm³/mol. The molecular weight excluding hydrogens is 314 g/mol. The molecule has 3 aromatic carbocycles. The lowest BCUT2D eigenvalue weighted by Gasteiger charge is -2.27. The first-order chi connectivity index (χ1) is 12.1. The molecule has 3 rings (SSSR count). The molecule has 1 amide bonds. The van der Waals surface area contributed by atoms with E-state index in [1.165, 1.54) is 0 Å². The van der Waals surface area contributed by atoms with Crippen molar-refractivity contribution in [3.8, 4) is 5.75 Å². The molecular formula is C21H21NO3. The van der Waals surface area contributed by atoms with Crippen LogP contribution in [-0.4, -0.2) is 36.7 Å². The van der Waals surface area contributed by atoms with Gasteiger partial charge in [-0.1, -0.05) is 42.5 Å². The van der Waals surface area contributed by atoms with Gasteiger partial charge < -0.3 is 14.7 Å². The zero-order chi connectivity index (χ0) is 17.8. The van der Waals surface area contributed by atoms with E-state index in [0.717, 1.165) is 22.1 Å². The van der Waals surface area contributed by atoms with Gasteiger partial charge in [0.05, 0.1) is 19.8 Å². The standard InChI is InChI=1S/C21H21NO3/c1-22(20(14-23)16-9-11-19(25-2)12-10-16)21(24)18-8-7-15-5-3-4-6-17(15)13-18/h3-13,20,23H,14H2,1-2H3. The molecule has 25 heavy (non-hydrogen) atoms. The lowest BCUT2D eigenvalue weighted by Crippen LogP contribution is -2.33. The molecule has 0 aliphatic heterocycles. The first kappa shape index (κ1) is 17.0. The molecule has 0 radical (unpaired) electrons. The Bertz CT molecular complexity index is 874. The van der Waals surface area contributed by atoms with Gasteiger partial charge in [-0.15, -0.1) is 0 Å². The number of likely N-dealkylation sites (N-methyl/N-ethyl adjacent to an activating group) is 1. The fraction of sp³-hybridized carbons (Fsp3) is 0.190. The van der Waals surface area contributed by atoms with E-state index in [1.807, 2.05) is 66.7 Å². The molecule has 1 unspecified atom stereocenters. The molecule has 4 heteroatoms. The maximum Gasteiger partial charge on any atom is 0.254 e. The van der Waals surface area contributed by atoms with Crippen molar-refractivity contribution < 1.29 is 14.6 Å². The Morgan fingerprint density at radius 3 is 2.36 bits per heavy atom. The summed E-state index contributed by atoms with van der Waals surface area (Å²) in [5.41, 5.74) is 1.47. The number of aliphatic hydroxyl groups is 1. The molecule has 0 saturated heterocycles. The minimum absolute atomic E-state index is 0.124. The number of benzene rings is 3. The van der Waals surface area contributed by atoms with Crippen LogP contribution in [0, 0.1) is 0 Å². The van der Waals surface area contributed by atoms with Gasteiger partial charge in [0.1, 0.15) is 5.75 Å². The number of methoxy groups -OCH3 is 1. The van der Waals surface area contributed by atoms with Gasteiger partial charge in [0.2, 0.25) is 0 Å². The summed E-state index contributed by atoms with van der Waals surface area (Å²) in [7, 11) is 3.32. The molecule has 1 atom stereocenters. The molecule has 1 N–H and O–H groups in total. The number of aliphatic hydroxyl groups excluding tert-OH is 1. The summed E-state index contributed by atoms with van der Waals surface area (Å²) < 4.78 is 5.16. The third kappa shape index (κ3) is 3.49. The van der Waals surface area contributed by atoms with Gasteiger partial charge in [-0.05, 0) is 40.6 Å². The fourth-order valence-corrected chi connectivity index (χ4v) is 2.95. The monoisotopic (exact) mass is 335 g/mol. The molecule has 128 valence electrons. The molecule has 0 aromatic heterocycles. The van der Waals surface area contributed by atoms with E-state index in [9.17, 15) is 9.90 Å². The van der Waals surface area contributed by atoms with Crippen molar-refractivity contribution in [3.63, 3.8) is 0 Å². The molecule has 0 heterocycles. The van der Waals surface area contributed by atoms with Crippen molar-refractivity contribution in [3.05, 3.63) is 77.9 Å². The normalized spacial score (nSPS) is 12.0. The Morgan fingerprint density at radius 1 is 1.04 bits per heavy atom. The smallest absolute Gasteiger partial charge is 0.254 e. The number of amides is 1. The van der Waals surface area contributed by atoms with Crippen LogP contribution in [0.5, 0.6) is 5.75 Å². The summed E-state index contributed by atoms with van der Waals surface area (Å²) in [6.45, 7) is -0.151. The SMILES string of the molecule is COc1ccc(C(CO)N(C)C(=O)c2ccc3ccccc3c2)cc1. The molecule has 4 nitrogen and oxygen atoms in total. The Hall–Kier alpha value is -2.85. The second kappa shape index (κ2) is 7.36. The Labute approximate surface area is 147 Å². The van der Waals surface area contributed by atoms with Crippen molar-refractivity contribution >= 4 is 16.7 Å². The van der Waals surface area contributed by atoms with E-state index in [4.69, 9.17) is 4.74 Å². The molecule has 0 aliphatic carbocycles. The Balaban J connectivity index is 1.87. The number of ether oxygens (including phenoxy) is 1. The summed E-state index contributed by atoms with van der Waals surface area (Å²) in [5.74, 6) is 0.615. The van der Waals surface area contributed by atoms with Crippen molar-refractivity contribution in [1.82, 2.24) is 4.90 Å². The molecule has 0 saturated carbocycles. The second-order valence-electron chi connectivity index (χ2n) is 5.95. The van der Waals surface area contributed by atoms with Crippen molar-refractivity contribution in [1.29, 1.82) is 0 Å². The molecule has 0 spiro atoms. The number of carbonyl (C=O) groups excluding carboxylic acids is 1. The van der Waals surface area contributed by atoms with Gasteiger partial charge in [0, 0.05) is 12.6 Å². The van der Waals surface area contributed by atoms with E-state index in [0.29, 0.717) is 5.56 Å². The van der Waals surface area contributed by atoms with Crippen LogP contribution in [0.1, 0.15) is 22.0 Å². The highest BCUT2D eigenvalue weighted by molar-refractivity contribution is 5.98. The Morgan fingerprint density at radius 2 is 1.72 bits per heavy atom. The first-order valence-corrected chi connectivity index (χ1v) is 8.15. The van der Waals surface area contributed by atoms with Crippen LogP contribution in [0.25, 0.3) is 10.8 Å². The van der Waals surface area contributed by atoms with Crippen molar-refractivity contribution in [2.45, 2.75) is 6.04 Å². The van der Waals surface area contributed by atoms with Gasteiger partial charge in [-0.2, -0.15) is 0 Å². The number of hydrogen-bond acceptors (Lipinski definition) is 3. The van der Waals surface area contributed by atoms with Crippen LogP contribution in [0.4, 0.5) is 0 Å². The molecule has 0 fully saturated rings. The van der Waals surface area contributed by atoms with E-state index in [-0.39, 0.29) is 12.5 Å². The van der Waals surface area contributed by atoms with E-state index < -0.39 is 6.04 Å². The number of nitrogens with zero attached hydrogens (tertiary/aromatic N) is 1. The van der Waals surface area contributed by atoms with Gasteiger partial charge in [-0.25, -0.2) is 0 Å². The number of fused-ring (bicyclic) bond motifs is 1. The van der Waals surface area contributed by atoms with E-state index >= 15 is 0 Å². The molecule has 0 bridgehead atoms. The topological polar surface area (TPSA) is 49.8 Å². The zero-order valence-corrected chi connectivity index (χ0v) is 14.3. The van der Waals surface area contributed by atoms with E-state index in [2.05, 4.69) is 0 Å². The third-order valence-electron chi connectivity index (χ3n) is 4.46. The Kier molecular flexibility index (Phi) is 5.00. The highest BCUT2D eigenvalue weighted by atomic mass is 16.5. The van der Waals surface area contributed by atoms with Gasteiger partial charge >= 0.3 is 0 Å². The van der Waals surface area contributed by atoms with Gasteiger partial charge in [-0.3, -0.25) is 4.79 Å². The molecule has 0 aliphatic rings. The van der Waals surface area contributed by atoms with E-state index in [1.54, 1.807) is 19.1 Å². The van der Waals surface area contributed by atoms with Crippen molar-refractivity contribution in [2.24, 2.45) is 0 Å². The summed E-state index contributed by atoms with van der Waals surface area (Å²) in [6, 6.07) is 20.5. The highest BCUT2D eigenvalue weighted by Gasteiger charge is 2.22. The lowest BCUT2D eigenvalue weighted by molar-refractivity contribution is 0.0658. The van der Waals surface area contributed by atoms with Gasteiger partial charge in [0.25, 0.3) is 5.91 Å². The fourth-order valence-electron chi connectivity index (χ4n) is 2.95. The quantitative estimate of drug-likeness (QED) is 0.774. The molecule has 3 aromatic rings. The number of rotatable bonds is 5. The predicted octanol–water partition coefficient (Wildman–Crippen LogP) is 3.65. The lowest BCUT2D eigenvalue weighted by atomic mass is 10.0. The van der Waals surface area contributed by atoms with Crippen LogP contribution >= 0.6 is 0 Å². The average molecular weight is 335 g/mol. The largest absolute Gasteiger partial charge is 0.497 e. The second-order valence-corrected chi connectivity index (χ2v) is 5.95. The minimum atomic E-state index is -0.412. The maximum absolute atomic E-state index is 12.9. The number of hydrogen-bond donors (Lipinski definition) is 1. The third-order valence-corrected chi connectivity index (χ3v) is 4.46. The maximum atomic E-state index is 12.9. The van der Waals surface area contributed by atoms with Crippen LogP contribution in [0.2, 0.25) is 0 Å². The average Bonchev–Trinajstić information content (AvgIpc) is 2.68. The van der Waals surface area contributed by atoms with Crippen LogP contribution < -0.4 is 4.74 Å². The first-order valence-electron chi connectivity index (χ1n) is 8.15. The van der Waals surface area contributed by atoms with Crippen LogP contribution in [-0.2, 0) is 0 Å². The summed E-state index contributed by atoms with van der Waals surface area (Å²) >= 11 is 0. The summed E-state index contributed by atoms with van der Waals surface area (Å²) in [4.78, 5) is 14.5. The minimum Gasteiger partial charge on any atom is -0.497 e. The zero-order valence-electron chi connectivity index (χ0n) is 14.3.